The molecule has 0 bridgehead atoms. The van der Waals surface area contributed by atoms with Crippen LogP contribution in [-0.4, -0.2) is 47.3 Å². The molecule has 3 rings (SSSR count). The van der Waals surface area contributed by atoms with E-state index in [0.717, 1.165) is 16.5 Å². The molecule has 3 amide bonds. The molecular formula is C24H27N3O7. The van der Waals surface area contributed by atoms with Gasteiger partial charge in [-0.05, 0) is 43.5 Å². The summed E-state index contributed by atoms with van der Waals surface area (Å²) in [5, 5.41) is 14.2. The van der Waals surface area contributed by atoms with Crippen molar-refractivity contribution in [2.75, 3.05) is 19.8 Å². The smallest absolute Gasteiger partial charge is 0.282 e. The summed E-state index contributed by atoms with van der Waals surface area (Å²) in [6.07, 6.45) is 0. The number of hydrogen-bond acceptors (Lipinski definition) is 7. The van der Waals surface area contributed by atoms with Gasteiger partial charge in [-0.25, -0.2) is 0 Å². The molecule has 180 valence electrons. The lowest BCUT2D eigenvalue weighted by atomic mass is 9.95. The zero-order chi connectivity index (χ0) is 25.0. The number of ether oxygens (including phenoxy) is 2. The lowest BCUT2D eigenvalue weighted by molar-refractivity contribution is -0.385. The fraction of sp³-hybridized carbons (Fsp3) is 0.375. The van der Waals surface area contributed by atoms with E-state index in [2.05, 4.69) is 5.32 Å². The van der Waals surface area contributed by atoms with Gasteiger partial charge in [-0.2, -0.15) is 0 Å². The summed E-state index contributed by atoms with van der Waals surface area (Å²) in [6.45, 7) is 7.93. The molecule has 1 heterocycles. The van der Waals surface area contributed by atoms with E-state index < -0.39 is 40.9 Å². The van der Waals surface area contributed by atoms with Crippen LogP contribution in [0.4, 0.5) is 5.69 Å². The monoisotopic (exact) mass is 469 g/mol. The number of fused-ring (bicyclic) bond motifs is 1. The Morgan fingerprint density at radius 2 is 1.74 bits per heavy atom. The first-order valence-corrected chi connectivity index (χ1v) is 11.0. The normalized spacial score (nSPS) is 13.6. The Labute approximate surface area is 197 Å². The molecule has 0 spiro atoms. The number of carbonyl (C=O) groups excluding carboxylic acids is 3. The largest absolute Gasteiger partial charge is 0.490 e. The van der Waals surface area contributed by atoms with Crippen LogP contribution in [0.3, 0.4) is 0 Å². The lowest BCUT2D eigenvalue weighted by Crippen LogP contribution is -2.42. The highest BCUT2D eigenvalue weighted by Gasteiger charge is 2.41. The second-order valence-electron chi connectivity index (χ2n) is 8.01. The van der Waals surface area contributed by atoms with Crippen LogP contribution in [-0.2, 0) is 4.79 Å². The van der Waals surface area contributed by atoms with Crippen molar-refractivity contribution < 1.29 is 28.8 Å². The molecule has 0 radical (unpaired) electrons. The molecule has 1 N–H and O–H groups in total. The van der Waals surface area contributed by atoms with Crippen molar-refractivity contribution in [3.63, 3.8) is 0 Å². The Morgan fingerprint density at radius 3 is 2.35 bits per heavy atom. The second kappa shape index (κ2) is 10.3. The van der Waals surface area contributed by atoms with Gasteiger partial charge in [0.2, 0.25) is 5.91 Å². The van der Waals surface area contributed by atoms with Gasteiger partial charge in [0, 0.05) is 6.07 Å². The van der Waals surface area contributed by atoms with E-state index in [1.807, 2.05) is 33.8 Å². The van der Waals surface area contributed by atoms with Crippen LogP contribution < -0.4 is 14.8 Å². The number of benzene rings is 2. The van der Waals surface area contributed by atoms with Crippen molar-refractivity contribution in [2.24, 2.45) is 5.92 Å². The predicted molar refractivity (Wildman–Crippen MR) is 123 cm³/mol. The van der Waals surface area contributed by atoms with Gasteiger partial charge in [0.15, 0.2) is 11.5 Å². The Balaban J connectivity index is 1.81. The molecule has 10 nitrogen and oxygen atoms in total. The number of nitro groups is 1. The lowest BCUT2D eigenvalue weighted by Gasteiger charge is -2.25. The number of carbonyl (C=O) groups is 3. The summed E-state index contributed by atoms with van der Waals surface area (Å²) < 4.78 is 11.3. The van der Waals surface area contributed by atoms with E-state index >= 15 is 0 Å². The minimum Gasteiger partial charge on any atom is -0.490 e. The molecule has 1 aliphatic heterocycles. The minimum atomic E-state index is -0.858. The number of imide groups is 1. The number of nitrogens with zero attached hydrogens (tertiary/aromatic N) is 2. The highest BCUT2D eigenvalue weighted by atomic mass is 16.6. The zero-order valence-electron chi connectivity index (χ0n) is 19.5. The minimum absolute atomic E-state index is 0.0281. The second-order valence-corrected chi connectivity index (χ2v) is 8.01. The average molecular weight is 469 g/mol. The van der Waals surface area contributed by atoms with E-state index in [1.54, 1.807) is 12.1 Å². The molecule has 2 aromatic carbocycles. The first-order chi connectivity index (χ1) is 16.2. The first-order valence-electron chi connectivity index (χ1n) is 11.0. The van der Waals surface area contributed by atoms with Crippen molar-refractivity contribution in [1.82, 2.24) is 10.2 Å². The molecular weight excluding hydrogens is 442 g/mol. The Hall–Kier alpha value is -3.95. The molecule has 0 fully saturated rings. The summed E-state index contributed by atoms with van der Waals surface area (Å²) in [5.41, 5.74) is -0.0660. The number of hydrogen-bond donors (Lipinski definition) is 1. The molecule has 34 heavy (non-hydrogen) atoms. The molecule has 1 aliphatic rings. The molecule has 0 unspecified atom stereocenters. The van der Waals surface area contributed by atoms with Gasteiger partial charge in [0.25, 0.3) is 17.5 Å². The van der Waals surface area contributed by atoms with Crippen LogP contribution >= 0.6 is 0 Å². The molecule has 0 aromatic heterocycles. The van der Waals surface area contributed by atoms with Gasteiger partial charge in [-0.15, -0.1) is 0 Å². The van der Waals surface area contributed by atoms with Gasteiger partial charge in [-0.1, -0.05) is 26.0 Å². The van der Waals surface area contributed by atoms with Gasteiger partial charge in [-0.3, -0.25) is 29.4 Å². The summed E-state index contributed by atoms with van der Waals surface area (Å²) in [7, 11) is 0. The Morgan fingerprint density at radius 1 is 1.06 bits per heavy atom. The van der Waals surface area contributed by atoms with E-state index in [4.69, 9.17) is 9.47 Å². The van der Waals surface area contributed by atoms with E-state index in [-0.39, 0.29) is 17.0 Å². The third-order valence-corrected chi connectivity index (χ3v) is 5.39. The van der Waals surface area contributed by atoms with Crippen molar-refractivity contribution in [3.05, 3.63) is 63.2 Å². The van der Waals surface area contributed by atoms with Crippen LogP contribution in [0.25, 0.3) is 0 Å². The third-order valence-electron chi connectivity index (χ3n) is 5.39. The predicted octanol–water partition coefficient (Wildman–Crippen LogP) is 3.50. The number of rotatable bonds is 10. The quantitative estimate of drug-likeness (QED) is 0.320. The van der Waals surface area contributed by atoms with Gasteiger partial charge in [0.1, 0.15) is 12.1 Å². The number of nitrogens with one attached hydrogen (secondary N) is 1. The molecule has 10 heteroatoms. The maximum Gasteiger partial charge on any atom is 0.282 e. The first kappa shape index (κ1) is 24.7. The highest BCUT2D eigenvalue weighted by molar-refractivity contribution is 6.24. The van der Waals surface area contributed by atoms with Crippen LogP contribution in [0.15, 0.2) is 36.4 Å². The van der Waals surface area contributed by atoms with E-state index in [9.17, 15) is 24.5 Å². The molecule has 1 atom stereocenters. The van der Waals surface area contributed by atoms with Crippen molar-refractivity contribution in [2.45, 2.75) is 33.7 Å². The van der Waals surface area contributed by atoms with Gasteiger partial charge >= 0.3 is 0 Å². The van der Waals surface area contributed by atoms with E-state index in [0.29, 0.717) is 24.7 Å². The third kappa shape index (κ3) is 4.85. The highest BCUT2D eigenvalue weighted by Crippen LogP contribution is 2.33. The van der Waals surface area contributed by atoms with Gasteiger partial charge in [0.05, 0.1) is 29.7 Å². The van der Waals surface area contributed by atoms with Gasteiger partial charge < -0.3 is 14.8 Å². The molecule has 0 saturated heterocycles. The van der Waals surface area contributed by atoms with Crippen molar-refractivity contribution in [1.29, 1.82) is 0 Å². The Bertz CT molecular complexity index is 1130. The maximum atomic E-state index is 12.9. The fourth-order valence-corrected chi connectivity index (χ4v) is 3.87. The van der Waals surface area contributed by atoms with Crippen molar-refractivity contribution >= 4 is 23.4 Å². The molecule has 2 aromatic rings. The standard InChI is InChI=1S/C24H27N3O7/c1-5-33-18-11-10-15(12-19(18)34-6-2)22(14(3)4)25-20(28)13-26-23(29)16-8-7-9-17(27(31)32)21(16)24(26)30/h7-12,14,22H,5-6,13H2,1-4H3,(H,25,28)/t22-/m1/s1. The summed E-state index contributed by atoms with van der Waals surface area (Å²) in [4.78, 5) is 49.6. The van der Waals surface area contributed by atoms with Crippen LogP contribution in [0.5, 0.6) is 11.5 Å². The Kier molecular flexibility index (Phi) is 7.50. The van der Waals surface area contributed by atoms with Crippen LogP contribution in [0.1, 0.15) is 60.0 Å². The SMILES string of the molecule is CCOc1ccc([C@H](NC(=O)CN2C(=O)c3cccc([N+](=O)[O-])c3C2=O)C(C)C)cc1OCC. The van der Waals surface area contributed by atoms with Crippen LogP contribution in [0.2, 0.25) is 0 Å². The summed E-state index contributed by atoms with van der Waals surface area (Å²) >= 11 is 0. The fourth-order valence-electron chi connectivity index (χ4n) is 3.87. The zero-order valence-corrected chi connectivity index (χ0v) is 19.5. The topological polar surface area (TPSA) is 128 Å². The van der Waals surface area contributed by atoms with E-state index in [1.165, 1.54) is 12.1 Å². The molecule has 0 saturated carbocycles. The van der Waals surface area contributed by atoms with Crippen LogP contribution in [0, 0.1) is 16.0 Å². The molecule has 0 aliphatic carbocycles. The maximum absolute atomic E-state index is 12.9. The average Bonchev–Trinajstić information content (AvgIpc) is 3.03. The summed E-state index contributed by atoms with van der Waals surface area (Å²) in [5.74, 6) is -1.05. The summed E-state index contributed by atoms with van der Waals surface area (Å²) in [6, 6.07) is 8.79. The van der Waals surface area contributed by atoms with Crippen molar-refractivity contribution in [3.8, 4) is 11.5 Å². The number of nitro benzene ring substituents is 1. The number of amides is 3.